The summed E-state index contributed by atoms with van der Waals surface area (Å²) in [6.07, 6.45) is -4.73. The molecule has 198 valence electrons. The Balaban J connectivity index is 2.03. The molecule has 9 heteroatoms. The molecule has 0 bridgehead atoms. The van der Waals surface area contributed by atoms with Crippen molar-refractivity contribution in [2.24, 2.45) is 5.41 Å². The average molecular weight is 511 g/mol. The predicted molar refractivity (Wildman–Crippen MR) is 127 cm³/mol. The Bertz CT molecular complexity index is 1000. The standard InChI is InChI=1S/C27H33F3O6/c1-19(2)34-17-26(5,24(32)33-15-21-12-9-13-22(14-21)27(28,29)30)18-35-23(31)25(3,4)36-16-20-10-7-6-8-11-20/h6-14,19H,15-18H2,1-5H3. The summed E-state index contributed by atoms with van der Waals surface area (Å²) < 4.78 is 61.0. The van der Waals surface area contributed by atoms with Crippen LogP contribution in [0.15, 0.2) is 54.6 Å². The second-order valence-corrected chi connectivity index (χ2v) is 9.56. The number of rotatable bonds is 12. The number of esters is 2. The summed E-state index contributed by atoms with van der Waals surface area (Å²) in [5, 5.41) is 0. The van der Waals surface area contributed by atoms with Crippen molar-refractivity contribution in [1.82, 2.24) is 0 Å². The van der Waals surface area contributed by atoms with E-state index in [1.165, 1.54) is 19.1 Å². The fraction of sp³-hybridized carbons (Fsp3) is 0.481. The van der Waals surface area contributed by atoms with Gasteiger partial charge < -0.3 is 18.9 Å². The van der Waals surface area contributed by atoms with Crippen LogP contribution in [0.1, 0.15) is 51.3 Å². The van der Waals surface area contributed by atoms with Crippen molar-refractivity contribution in [2.45, 2.75) is 65.7 Å². The van der Waals surface area contributed by atoms with Crippen molar-refractivity contribution in [3.05, 3.63) is 71.3 Å². The smallest absolute Gasteiger partial charge is 0.416 e. The molecule has 2 aromatic carbocycles. The Hall–Kier alpha value is -2.91. The Morgan fingerprint density at radius 3 is 2.06 bits per heavy atom. The van der Waals surface area contributed by atoms with Gasteiger partial charge in [-0.2, -0.15) is 13.2 Å². The van der Waals surface area contributed by atoms with Gasteiger partial charge in [-0.25, -0.2) is 4.79 Å². The van der Waals surface area contributed by atoms with Crippen LogP contribution in [0.4, 0.5) is 13.2 Å². The molecule has 2 rings (SSSR count). The molecule has 0 aliphatic heterocycles. The van der Waals surface area contributed by atoms with Gasteiger partial charge in [-0.3, -0.25) is 4.79 Å². The van der Waals surface area contributed by atoms with Crippen molar-refractivity contribution < 1.29 is 41.7 Å². The molecule has 0 aliphatic carbocycles. The minimum Gasteiger partial charge on any atom is -0.462 e. The second-order valence-electron chi connectivity index (χ2n) is 9.56. The SMILES string of the molecule is CC(C)OCC(C)(COC(=O)C(C)(C)OCc1ccccc1)C(=O)OCc1cccc(C(F)(F)F)c1. The Morgan fingerprint density at radius 2 is 1.44 bits per heavy atom. The lowest BCUT2D eigenvalue weighted by molar-refractivity contribution is -0.181. The molecule has 0 aliphatic rings. The van der Waals surface area contributed by atoms with Crippen LogP contribution in [0.25, 0.3) is 0 Å². The number of alkyl halides is 3. The highest BCUT2D eigenvalue weighted by molar-refractivity contribution is 5.80. The van der Waals surface area contributed by atoms with Gasteiger partial charge in [0.25, 0.3) is 0 Å². The summed E-state index contributed by atoms with van der Waals surface area (Å²) in [7, 11) is 0. The fourth-order valence-corrected chi connectivity index (χ4v) is 2.97. The molecule has 0 saturated carbocycles. The Labute approximate surface area is 209 Å². The van der Waals surface area contributed by atoms with Crippen LogP contribution in [0.2, 0.25) is 0 Å². The first-order valence-electron chi connectivity index (χ1n) is 11.5. The minimum atomic E-state index is -4.51. The lowest BCUT2D eigenvalue weighted by Gasteiger charge is -2.30. The lowest BCUT2D eigenvalue weighted by atomic mass is 9.93. The molecule has 6 nitrogen and oxygen atoms in total. The molecular formula is C27H33F3O6. The number of carbonyl (C=O) groups excluding carboxylic acids is 2. The quantitative estimate of drug-likeness (QED) is 0.340. The molecule has 0 radical (unpaired) electrons. The normalized spacial score (nSPS) is 13.8. The van der Waals surface area contributed by atoms with Gasteiger partial charge in [-0.05, 0) is 57.9 Å². The van der Waals surface area contributed by atoms with Crippen molar-refractivity contribution in [2.75, 3.05) is 13.2 Å². The summed E-state index contributed by atoms with van der Waals surface area (Å²) in [4.78, 5) is 25.7. The molecule has 0 spiro atoms. The van der Waals surface area contributed by atoms with Crippen molar-refractivity contribution >= 4 is 11.9 Å². The van der Waals surface area contributed by atoms with E-state index in [1.807, 2.05) is 30.3 Å². The molecule has 36 heavy (non-hydrogen) atoms. The topological polar surface area (TPSA) is 71.1 Å². The maximum Gasteiger partial charge on any atom is 0.416 e. The van der Waals surface area contributed by atoms with Gasteiger partial charge in [0.2, 0.25) is 0 Å². The first-order chi connectivity index (χ1) is 16.7. The second kappa shape index (κ2) is 12.4. The van der Waals surface area contributed by atoms with Gasteiger partial charge in [0.05, 0.1) is 24.9 Å². The zero-order valence-electron chi connectivity index (χ0n) is 21.2. The number of hydrogen-bond acceptors (Lipinski definition) is 6. The highest BCUT2D eigenvalue weighted by Crippen LogP contribution is 2.30. The highest BCUT2D eigenvalue weighted by atomic mass is 19.4. The molecule has 0 amide bonds. The predicted octanol–water partition coefficient (Wildman–Crippen LogP) is 5.72. The van der Waals surface area contributed by atoms with Gasteiger partial charge in [-0.1, -0.05) is 42.5 Å². The fourth-order valence-electron chi connectivity index (χ4n) is 2.97. The van der Waals surface area contributed by atoms with E-state index in [-0.39, 0.29) is 38.1 Å². The third-order valence-corrected chi connectivity index (χ3v) is 5.31. The van der Waals surface area contributed by atoms with Gasteiger partial charge in [0.1, 0.15) is 18.6 Å². The summed E-state index contributed by atoms with van der Waals surface area (Å²) >= 11 is 0. The maximum absolute atomic E-state index is 13.0. The molecule has 0 saturated heterocycles. The molecule has 0 aromatic heterocycles. The van der Waals surface area contributed by atoms with Crippen LogP contribution >= 0.6 is 0 Å². The monoisotopic (exact) mass is 510 g/mol. The zero-order chi connectivity index (χ0) is 27.0. The number of hydrogen-bond donors (Lipinski definition) is 0. The number of benzene rings is 2. The lowest BCUT2D eigenvalue weighted by Crippen LogP contribution is -2.44. The van der Waals surface area contributed by atoms with E-state index in [1.54, 1.807) is 27.7 Å². The van der Waals surface area contributed by atoms with Crippen LogP contribution in [0.5, 0.6) is 0 Å². The largest absolute Gasteiger partial charge is 0.462 e. The van der Waals surface area contributed by atoms with E-state index in [0.717, 1.165) is 17.7 Å². The van der Waals surface area contributed by atoms with Crippen molar-refractivity contribution in [3.63, 3.8) is 0 Å². The first kappa shape index (κ1) is 29.3. The van der Waals surface area contributed by atoms with Gasteiger partial charge in [0.15, 0.2) is 5.60 Å². The van der Waals surface area contributed by atoms with Crippen molar-refractivity contribution in [3.8, 4) is 0 Å². The third-order valence-electron chi connectivity index (χ3n) is 5.31. The maximum atomic E-state index is 13.0. The number of halogens is 3. The minimum absolute atomic E-state index is 0.120. The molecular weight excluding hydrogens is 477 g/mol. The van der Waals surface area contributed by atoms with E-state index in [2.05, 4.69) is 0 Å². The third kappa shape index (κ3) is 8.95. The molecule has 1 atom stereocenters. The molecule has 2 aromatic rings. The molecule has 1 unspecified atom stereocenters. The summed E-state index contributed by atoms with van der Waals surface area (Å²) in [5.74, 6) is -1.45. The van der Waals surface area contributed by atoms with Gasteiger partial charge >= 0.3 is 18.1 Å². The average Bonchev–Trinajstić information content (AvgIpc) is 2.83. The van der Waals surface area contributed by atoms with Gasteiger partial charge in [0, 0.05) is 0 Å². The molecule has 0 fully saturated rings. The van der Waals surface area contributed by atoms with Crippen LogP contribution in [0.3, 0.4) is 0 Å². The number of carbonyl (C=O) groups is 2. The Kier molecular flexibility index (Phi) is 10.1. The number of ether oxygens (including phenoxy) is 4. The Morgan fingerprint density at radius 1 is 0.806 bits per heavy atom. The molecule has 0 heterocycles. The van der Waals surface area contributed by atoms with E-state index >= 15 is 0 Å². The van der Waals surface area contributed by atoms with Crippen LogP contribution in [-0.2, 0) is 47.9 Å². The van der Waals surface area contributed by atoms with Gasteiger partial charge in [-0.15, -0.1) is 0 Å². The van der Waals surface area contributed by atoms with E-state index in [4.69, 9.17) is 18.9 Å². The van der Waals surface area contributed by atoms with Crippen molar-refractivity contribution in [1.29, 1.82) is 0 Å². The van der Waals surface area contributed by atoms with E-state index in [0.29, 0.717) is 0 Å². The first-order valence-corrected chi connectivity index (χ1v) is 11.5. The highest BCUT2D eigenvalue weighted by Gasteiger charge is 2.40. The summed E-state index contributed by atoms with van der Waals surface area (Å²) in [6.45, 7) is 7.52. The zero-order valence-corrected chi connectivity index (χ0v) is 21.2. The summed E-state index contributed by atoms with van der Waals surface area (Å²) in [6, 6.07) is 13.8. The van der Waals surface area contributed by atoms with E-state index in [9.17, 15) is 22.8 Å². The van der Waals surface area contributed by atoms with Crippen LogP contribution in [0, 0.1) is 5.41 Å². The molecule has 0 N–H and O–H groups in total. The van der Waals surface area contributed by atoms with Crippen LogP contribution in [-0.4, -0.2) is 36.9 Å². The van der Waals surface area contributed by atoms with Crippen LogP contribution < -0.4 is 0 Å². The van der Waals surface area contributed by atoms with E-state index < -0.39 is 34.7 Å². The summed E-state index contributed by atoms with van der Waals surface area (Å²) in [5.41, 5.74) is -2.47.